The number of hydrogen-bond donors (Lipinski definition) is 2. The first-order chi connectivity index (χ1) is 9.92. The van der Waals surface area contributed by atoms with Crippen LogP contribution in [-0.4, -0.2) is 37.2 Å². The van der Waals surface area contributed by atoms with Crippen LogP contribution >= 0.6 is 0 Å². The van der Waals surface area contributed by atoms with E-state index in [1.54, 1.807) is 32.9 Å². The minimum atomic E-state index is -3.41. The van der Waals surface area contributed by atoms with Crippen molar-refractivity contribution in [3.8, 4) is 0 Å². The number of carbonyl (C=O) groups is 2. The van der Waals surface area contributed by atoms with E-state index in [4.69, 9.17) is 5.11 Å². The van der Waals surface area contributed by atoms with Crippen LogP contribution in [-0.2, 0) is 14.6 Å². The number of nitrogens with one attached hydrogen (secondary N) is 1. The Morgan fingerprint density at radius 2 is 1.86 bits per heavy atom. The average molecular weight is 327 g/mol. The van der Waals surface area contributed by atoms with E-state index in [0.717, 1.165) is 6.26 Å². The lowest BCUT2D eigenvalue weighted by Crippen LogP contribution is -2.43. The van der Waals surface area contributed by atoms with E-state index in [2.05, 4.69) is 5.32 Å². The molecule has 0 heterocycles. The Balaban J connectivity index is 2.97. The first-order valence-electron chi connectivity index (χ1n) is 6.77. The molecule has 1 aromatic carbocycles. The van der Waals surface area contributed by atoms with Gasteiger partial charge in [-0.1, -0.05) is 6.07 Å². The zero-order chi connectivity index (χ0) is 17.1. The van der Waals surface area contributed by atoms with E-state index in [9.17, 15) is 18.0 Å². The number of hydrogen-bond acceptors (Lipinski definition) is 4. The highest BCUT2D eigenvalue weighted by atomic mass is 32.2. The second-order valence-corrected chi connectivity index (χ2v) is 7.97. The molecule has 0 atom stereocenters. The molecule has 122 valence electrons. The van der Waals surface area contributed by atoms with Crippen molar-refractivity contribution in [3.05, 3.63) is 29.3 Å². The predicted octanol–water partition coefficient (Wildman–Crippen LogP) is 1.77. The first-order valence-corrected chi connectivity index (χ1v) is 8.66. The van der Waals surface area contributed by atoms with Crippen molar-refractivity contribution in [2.45, 2.75) is 44.0 Å². The molecule has 0 aliphatic heterocycles. The van der Waals surface area contributed by atoms with Crippen LogP contribution in [0, 0.1) is 6.92 Å². The summed E-state index contributed by atoms with van der Waals surface area (Å²) in [6.07, 6.45) is 1.31. The maximum atomic E-state index is 12.2. The van der Waals surface area contributed by atoms with Crippen molar-refractivity contribution >= 4 is 21.7 Å². The van der Waals surface area contributed by atoms with Gasteiger partial charge in [-0.15, -0.1) is 0 Å². The van der Waals surface area contributed by atoms with Crippen LogP contribution in [0.15, 0.2) is 23.1 Å². The monoisotopic (exact) mass is 327 g/mol. The second kappa shape index (κ2) is 6.48. The van der Waals surface area contributed by atoms with Gasteiger partial charge >= 0.3 is 5.97 Å². The van der Waals surface area contributed by atoms with Gasteiger partial charge in [0.2, 0.25) is 0 Å². The smallest absolute Gasteiger partial charge is 0.303 e. The molecule has 0 aliphatic rings. The number of carboxylic acid groups (broad SMARTS) is 1. The summed E-state index contributed by atoms with van der Waals surface area (Å²) in [7, 11) is -3.41. The fourth-order valence-electron chi connectivity index (χ4n) is 2.00. The molecule has 22 heavy (non-hydrogen) atoms. The van der Waals surface area contributed by atoms with Gasteiger partial charge in [-0.05, 0) is 44.9 Å². The van der Waals surface area contributed by atoms with E-state index in [1.165, 1.54) is 6.07 Å². The van der Waals surface area contributed by atoms with Crippen LogP contribution in [0.25, 0.3) is 0 Å². The van der Waals surface area contributed by atoms with Gasteiger partial charge in [-0.2, -0.15) is 0 Å². The highest BCUT2D eigenvalue weighted by molar-refractivity contribution is 7.90. The van der Waals surface area contributed by atoms with E-state index >= 15 is 0 Å². The Bertz CT molecular complexity index is 692. The summed E-state index contributed by atoms with van der Waals surface area (Å²) in [5, 5.41) is 11.4. The summed E-state index contributed by atoms with van der Waals surface area (Å²) < 4.78 is 23.4. The zero-order valence-electron chi connectivity index (χ0n) is 13.1. The number of sulfone groups is 1. The SMILES string of the molecule is Cc1ccc(C(=O)NC(C)(C)CCC(=O)O)cc1S(C)(=O)=O. The van der Waals surface area contributed by atoms with E-state index in [1.807, 2.05) is 0 Å². The number of carbonyl (C=O) groups excluding carboxylic acids is 1. The Hall–Kier alpha value is -1.89. The summed E-state index contributed by atoms with van der Waals surface area (Å²) in [4.78, 5) is 23.0. The van der Waals surface area contributed by atoms with Crippen molar-refractivity contribution < 1.29 is 23.1 Å². The standard InChI is InChI=1S/C15H21NO5S/c1-10-5-6-11(9-12(10)22(4,20)21)14(19)16-15(2,3)8-7-13(17)18/h5-6,9H,7-8H2,1-4H3,(H,16,19)(H,17,18). The maximum absolute atomic E-state index is 12.2. The molecule has 0 aromatic heterocycles. The molecule has 0 fully saturated rings. The van der Waals surface area contributed by atoms with Gasteiger partial charge in [-0.3, -0.25) is 9.59 Å². The quantitative estimate of drug-likeness (QED) is 0.829. The van der Waals surface area contributed by atoms with Crippen LogP contribution in [0.5, 0.6) is 0 Å². The van der Waals surface area contributed by atoms with Gasteiger partial charge in [0.15, 0.2) is 9.84 Å². The lowest BCUT2D eigenvalue weighted by molar-refractivity contribution is -0.137. The lowest BCUT2D eigenvalue weighted by atomic mass is 9.97. The van der Waals surface area contributed by atoms with Gasteiger partial charge < -0.3 is 10.4 Å². The Kier molecular flexibility index (Phi) is 5.35. The summed E-state index contributed by atoms with van der Waals surface area (Å²) in [6, 6.07) is 4.47. The topological polar surface area (TPSA) is 101 Å². The molecule has 6 nitrogen and oxygen atoms in total. The van der Waals surface area contributed by atoms with Crippen LogP contribution in [0.1, 0.15) is 42.6 Å². The first kappa shape index (κ1) is 18.2. The molecular formula is C15H21NO5S. The normalized spacial score (nSPS) is 12.0. The minimum absolute atomic E-state index is 0.0598. The summed E-state index contributed by atoms with van der Waals surface area (Å²) >= 11 is 0. The highest BCUT2D eigenvalue weighted by Crippen LogP contribution is 2.18. The highest BCUT2D eigenvalue weighted by Gasteiger charge is 2.23. The van der Waals surface area contributed by atoms with Crippen molar-refractivity contribution in [1.82, 2.24) is 5.32 Å². The maximum Gasteiger partial charge on any atom is 0.303 e. The number of carboxylic acids is 1. The molecule has 1 amide bonds. The molecule has 2 N–H and O–H groups in total. The van der Waals surface area contributed by atoms with Crippen molar-refractivity contribution in [3.63, 3.8) is 0 Å². The third-order valence-corrected chi connectivity index (χ3v) is 4.50. The number of rotatable bonds is 6. The molecule has 0 saturated heterocycles. The van der Waals surface area contributed by atoms with Crippen LogP contribution in [0.4, 0.5) is 0 Å². The molecule has 0 saturated carbocycles. The van der Waals surface area contributed by atoms with Gasteiger partial charge in [0.1, 0.15) is 0 Å². The summed E-state index contributed by atoms with van der Waals surface area (Å²) in [6.45, 7) is 5.11. The van der Waals surface area contributed by atoms with Gasteiger partial charge in [0.05, 0.1) is 4.90 Å². The summed E-state index contributed by atoms with van der Waals surface area (Å²) in [5.41, 5.74) is 0.102. The largest absolute Gasteiger partial charge is 0.481 e. The van der Waals surface area contributed by atoms with E-state index in [0.29, 0.717) is 5.56 Å². The fraction of sp³-hybridized carbons (Fsp3) is 0.467. The Labute approximate surface area is 130 Å². The van der Waals surface area contributed by atoms with Crippen molar-refractivity contribution in [2.75, 3.05) is 6.26 Å². The van der Waals surface area contributed by atoms with E-state index < -0.39 is 27.3 Å². The second-order valence-electron chi connectivity index (χ2n) is 5.98. The van der Waals surface area contributed by atoms with Crippen molar-refractivity contribution in [1.29, 1.82) is 0 Å². The van der Waals surface area contributed by atoms with Gasteiger partial charge in [0, 0.05) is 23.8 Å². The fourth-order valence-corrected chi connectivity index (χ4v) is 3.00. The van der Waals surface area contributed by atoms with Crippen LogP contribution in [0.3, 0.4) is 0 Å². The number of benzene rings is 1. The molecule has 0 aliphatic carbocycles. The molecule has 1 rings (SSSR count). The molecule has 0 radical (unpaired) electrons. The van der Waals surface area contributed by atoms with Gasteiger partial charge in [-0.25, -0.2) is 8.42 Å². The molecular weight excluding hydrogens is 306 g/mol. The Morgan fingerprint density at radius 3 is 2.36 bits per heavy atom. The van der Waals surface area contributed by atoms with Crippen LogP contribution < -0.4 is 5.32 Å². The Morgan fingerprint density at radius 1 is 1.27 bits per heavy atom. The summed E-state index contributed by atoms with van der Waals surface area (Å²) in [5.74, 6) is -1.36. The minimum Gasteiger partial charge on any atom is -0.481 e. The van der Waals surface area contributed by atoms with Gasteiger partial charge in [0.25, 0.3) is 5.91 Å². The number of amides is 1. The van der Waals surface area contributed by atoms with E-state index in [-0.39, 0.29) is 23.3 Å². The molecule has 7 heteroatoms. The third-order valence-electron chi connectivity index (χ3n) is 3.27. The predicted molar refractivity (Wildman–Crippen MR) is 82.7 cm³/mol. The molecule has 1 aromatic rings. The number of aryl methyl sites for hydroxylation is 1. The molecule has 0 bridgehead atoms. The average Bonchev–Trinajstić information content (AvgIpc) is 2.35. The lowest BCUT2D eigenvalue weighted by Gasteiger charge is -2.25. The molecule has 0 unspecified atom stereocenters. The molecule has 0 spiro atoms. The zero-order valence-corrected chi connectivity index (χ0v) is 14.0. The van der Waals surface area contributed by atoms with Crippen LogP contribution in [0.2, 0.25) is 0 Å². The third kappa shape index (κ3) is 5.14. The number of aliphatic carboxylic acids is 1. The van der Waals surface area contributed by atoms with Crippen molar-refractivity contribution in [2.24, 2.45) is 0 Å².